The van der Waals surface area contributed by atoms with Crippen LogP contribution in [0.1, 0.15) is 258 Å². The van der Waals surface area contributed by atoms with Crippen LogP contribution in [0.15, 0.2) is 48.6 Å². The highest BCUT2D eigenvalue weighted by molar-refractivity contribution is 5.72. The van der Waals surface area contributed by atoms with Crippen molar-refractivity contribution >= 4 is 17.9 Å². The SMILES string of the molecule is CC/C=C\C/C=C\C/C=C\CC(=O)OCC(COC(=O)CCCCCCCCC/C=C\CCCCCCCCCC)OC(=O)CCCCCCCCCCCCCCCC. The predicted molar refractivity (Wildman–Crippen MR) is 256 cm³/mol. The monoisotopic (exact) mass is 841 g/mol. The van der Waals surface area contributed by atoms with Gasteiger partial charge in [0.15, 0.2) is 6.10 Å². The molecule has 0 radical (unpaired) electrons. The second kappa shape index (κ2) is 49.0. The molecule has 0 rings (SSSR count). The molecule has 0 N–H and O–H groups in total. The van der Waals surface area contributed by atoms with E-state index in [1.54, 1.807) is 6.08 Å². The Morgan fingerprint density at radius 3 is 1.15 bits per heavy atom. The van der Waals surface area contributed by atoms with Gasteiger partial charge in [0.2, 0.25) is 0 Å². The van der Waals surface area contributed by atoms with Crippen LogP contribution in [-0.2, 0) is 28.6 Å². The van der Waals surface area contributed by atoms with Gasteiger partial charge in [0, 0.05) is 12.8 Å². The van der Waals surface area contributed by atoms with Gasteiger partial charge in [0.25, 0.3) is 0 Å². The summed E-state index contributed by atoms with van der Waals surface area (Å²) in [5.74, 6) is -1.03. The molecule has 0 saturated heterocycles. The summed E-state index contributed by atoms with van der Waals surface area (Å²) >= 11 is 0. The summed E-state index contributed by atoms with van der Waals surface area (Å²) in [6, 6.07) is 0. The van der Waals surface area contributed by atoms with E-state index in [2.05, 4.69) is 57.2 Å². The van der Waals surface area contributed by atoms with Gasteiger partial charge in [-0.2, -0.15) is 0 Å². The Morgan fingerprint density at radius 2 is 0.717 bits per heavy atom. The molecular weight excluding hydrogens is 745 g/mol. The van der Waals surface area contributed by atoms with Crippen LogP contribution in [0.5, 0.6) is 0 Å². The van der Waals surface area contributed by atoms with Gasteiger partial charge < -0.3 is 14.2 Å². The number of esters is 3. The van der Waals surface area contributed by atoms with Crippen molar-refractivity contribution in [3.63, 3.8) is 0 Å². The molecule has 6 nitrogen and oxygen atoms in total. The van der Waals surface area contributed by atoms with E-state index in [4.69, 9.17) is 14.2 Å². The van der Waals surface area contributed by atoms with Crippen molar-refractivity contribution in [3.8, 4) is 0 Å². The third kappa shape index (κ3) is 46.4. The number of hydrogen-bond acceptors (Lipinski definition) is 6. The van der Waals surface area contributed by atoms with Crippen LogP contribution in [-0.4, -0.2) is 37.2 Å². The maximum Gasteiger partial charge on any atom is 0.309 e. The van der Waals surface area contributed by atoms with Crippen LogP contribution in [0.25, 0.3) is 0 Å². The van der Waals surface area contributed by atoms with E-state index >= 15 is 0 Å². The third-order valence-corrected chi connectivity index (χ3v) is 11.1. The maximum absolute atomic E-state index is 12.7. The van der Waals surface area contributed by atoms with Crippen LogP contribution < -0.4 is 0 Å². The minimum atomic E-state index is -0.805. The average molecular weight is 841 g/mol. The topological polar surface area (TPSA) is 78.9 Å². The predicted octanol–water partition coefficient (Wildman–Crippen LogP) is 16.7. The van der Waals surface area contributed by atoms with Crippen molar-refractivity contribution in [1.29, 1.82) is 0 Å². The first-order valence-electron chi connectivity index (χ1n) is 25.6. The van der Waals surface area contributed by atoms with Crippen LogP contribution in [0.3, 0.4) is 0 Å². The highest BCUT2D eigenvalue weighted by Crippen LogP contribution is 2.15. The number of hydrogen-bond donors (Lipinski definition) is 0. The lowest BCUT2D eigenvalue weighted by molar-refractivity contribution is -0.166. The van der Waals surface area contributed by atoms with Crippen molar-refractivity contribution in [2.45, 2.75) is 264 Å². The molecular formula is C54H96O6. The lowest BCUT2D eigenvalue weighted by atomic mass is 10.0. The van der Waals surface area contributed by atoms with Crippen LogP contribution in [0.2, 0.25) is 0 Å². The molecule has 0 amide bonds. The zero-order chi connectivity index (χ0) is 43.7. The molecule has 0 fully saturated rings. The Kier molecular flexibility index (Phi) is 46.9. The summed E-state index contributed by atoms with van der Waals surface area (Å²) in [5, 5.41) is 0. The number of ether oxygens (including phenoxy) is 3. The second-order valence-corrected chi connectivity index (χ2v) is 17.1. The summed E-state index contributed by atoms with van der Waals surface area (Å²) in [5.41, 5.74) is 0. The summed E-state index contributed by atoms with van der Waals surface area (Å²) < 4.78 is 16.6. The largest absolute Gasteiger partial charge is 0.462 e. The minimum absolute atomic E-state index is 0.0999. The molecule has 0 aromatic heterocycles. The molecule has 1 unspecified atom stereocenters. The number of carbonyl (C=O) groups is 3. The zero-order valence-corrected chi connectivity index (χ0v) is 39.7. The van der Waals surface area contributed by atoms with Crippen molar-refractivity contribution in [2.75, 3.05) is 13.2 Å². The van der Waals surface area contributed by atoms with E-state index in [0.29, 0.717) is 12.8 Å². The summed E-state index contributed by atoms with van der Waals surface area (Å²) in [6.07, 6.45) is 58.5. The van der Waals surface area contributed by atoms with Gasteiger partial charge in [-0.05, 0) is 57.8 Å². The van der Waals surface area contributed by atoms with Crippen LogP contribution in [0, 0.1) is 0 Å². The van der Waals surface area contributed by atoms with Crippen molar-refractivity contribution in [3.05, 3.63) is 48.6 Å². The van der Waals surface area contributed by atoms with E-state index in [9.17, 15) is 14.4 Å². The van der Waals surface area contributed by atoms with Gasteiger partial charge >= 0.3 is 17.9 Å². The number of allylic oxidation sites excluding steroid dienone is 7. The van der Waals surface area contributed by atoms with E-state index < -0.39 is 12.1 Å². The van der Waals surface area contributed by atoms with E-state index in [-0.39, 0.29) is 31.6 Å². The minimum Gasteiger partial charge on any atom is -0.462 e. The molecule has 0 bridgehead atoms. The highest BCUT2D eigenvalue weighted by Gasteiger charge is 2.19. The fourth-order valence-electron chi connectivity index (χ4n) is 7.26. The van der Waals surface area contributed by atoms with Gasteiger partial charge in [-0.25, -0.2) is 0 Å². The second-order valence-electron chi connectivity index (χ2n) is 17.1. The standard InChI is InChI=1S/C54H96O6/c1-4-7-10-13-16-19-21-23-25-26-27-28-29-31-32-35-38-41-44-47-53(56)59-50-51(49-58-52(55)46-43-40-37-34-18-15-12-9-6-3)60-54(57)48-45-42-39-36-33-30-24-22-20-17-14-11-8-5-2/h9,12,18,26-27,34,40,43,51H,4-8,10-11,13-17,19-25,28-33,35-39,41-42,44-50H2,1-3H3/b12-9-,27-26-,34-18-,43-40-. The first-order chi connectivity index (χ1) is 29.5. The number of rotatable bonds is 46. The van der Waals surface area contributed by atoms with Crippen molar-refractivity contribution < 1.29 is 28.6 Å². The molecule has 60 heavy (non-hydrogen) atoms. The fraction of sp³-hybridized carbons (Fsp3) is 0.796. The molecule has 0 aliphatic rings. The zero-order valence-electron chi connectivity index (χ0n) is 39.7. The highest BCUT2D eigenvalue weighted by atomic mass is 16.6. The first-order valence-corrected chi connectivity index (χ1v) is 25.6. The lowest BCUT2D eigenvalue weighted by Gasteiger charge is -2.18. The van der Waals surface area contributed by atoms with Gasteiger partial charge in [0.1, 0.15) is 13.2 Å². The Bertz CT molecular complexity index is 1060. The van der Waals surface area contributed by atoms with Crippen LogP contribution in [0.4, 0.5) is 0 Å². The first kappa shape index (κ1) is 57.4. The molecule has 0 heterocycles. The number of carbonyl (C=O) groups excluding carboxylic acids is 3. The Balaban J connectivity index is 4.32. The van der Waals surface area contributed by atoms with Gasteiger partial charge in [-0.1, -0.05) is 230 Å². The maximum atomic E-state index is 12.7. The molecule has 0 saturated carbocycles. The molecule has 0 aliphatic carbocycles. The fourth-order valence-corrected chi connectivity index (χ4v) is 7.26. The average Bonchev–Trinajstić information content (AvgIpc) is 3.24. The smallest absolute Gasteiger partial charge is 0.309 e. The normalized spacial score (nSPS) is 12.4. The van der Waals surface area contributed by atoms with Gasteiger partial charge in [-0.3, -0.25) is 14.4 Å². The third-order valence-electron chi connectivity index (χ3n) is 11.1. The molecule has 0 aliphatic heterocycles. The van der Waals surface area contributed by atoms with Gasteiger partial charge in [0.05, 0.1) is 6.42 Å². The van der Waals surface area contributed by atoms with E-state index in [1.807, 2.05) is 6.08 Å². The quantitative estimate of drug-likeness (QED) is 0.0263. The lowest BCUT2D eigenvalue weighted by Crippen LogP contribution is -2.30. The molecule has 0 spiro atoms. The van der Waals surface area contributed by atoms with E-state index in [0.717, 1.165) is 57.8 Å². The van der Waals surface area contributed by atoms with E-state index in [1.165, 1.54) is 161 Å². The Hall–Kier alpha value is -2.63. The summed E-state index contributed by atoms with van der Waals surface area (Å²) in [6.45, 7) is 6.44. The van der Waals surface area contributed by atoms with Crippen molar-refractivity contribution in [1.82, 2.24) is 0 Å². The van der Waals surface area contributed by atoms with Crippen molar-refractivity contribution in [2.24, 2.45) is 0 Å². The summed E-state index contributed by atoms with van der Waals surface area (Å²) in [7, 11) is 0. The molecule has 6 heteroatoms. The molecule has 0 aromatic carbocycles. The summed E-state index contributed by atoms with van der Waals surface area (Å²) in [4.78, 5) is 37.8. The molecule has 1 atom stereocenters. The number of unbranched alkanes of at least 4 members (excludes halogenated alkanes) is 28. The Labute approximate surface area is 371 Å². The molecule has 0 aromatic rings. The van der Waals surface area contributed by atoms with Crippen LogP contribution >= 0.6 is 0 Å². The Morgan fingerprint density at radius 1 is 0.367 bits per heavy atom. The van der Waals surface area contributed by atoms with Gasteiger partial charge in [-0.15, -0.1) is 0 Å². The molecule has 348 valence electrons.